The second-order valence-electron chi connectivity index (χ2n) is 6.33. The molecule has 164 valence electrons. The molecule has 0 spiro atoms. The van der Waals surface area contributed by atoms with Gasteiger partial charge in [0.15, 0.2) is 0 Å². The van der Waals surface area contributed by atoms with E-state index in [-0.39, 0.29) is 12.1 Å². The molecule has 2 rings (SSSR count). The van der Waals surface area contributed by atoms with Crippen molar-refractivity contribution in [3.63, 3.8) is 0 Å². The van der Waals surface area contributed by atoms with Crippen molar-refractivity contribution in [2.24, 2.45) is 0 Å². The molecule has 1 aromatic carbocycles. The number of esters is 1. The van der Waals surface area contributed by atoms with Gasteiger partial charge in [-0.1, -0.05) is 6.07 Å². The highest BCUT2D eigenvalue weighted by Crippen LogP contribution is 2.16. The van der Waals surface area contributed by atoms with Crippen LogP contribution in [0.15, 0.2) is 41.3 Å². The Hall–Kier alpha value is -4.22. The molecule has 0 aliphatic heterocycles. The fourth-order valence-electron chi connectivity index (χ4n) is 2.57. The second-order valence-corrected chi connectivity index (χ2v) is 6.33. The standard InChI is InChI=1S/C19H20N4O8/c1-21(10-16(24)20-13-5-4-6-14(8-13)30-2)17(25)11-22-9-12(19(27)31-3)7-15(18(22)26)23(28)29/h4-9H,10-11H2,1-3H3,(H,20,24). The van der Waals surface area contributed by atoms with Crippen LogP contribution in [0.4, 0.5) is 11.4 Å². The predicted octanol–water partition coefficient (Wildman–Crippen LogP) is 0.649. The number of aromatic nitrogens is 1. The molecule has 1 aromatic heterocycles. The summed E-state index contributed by atoms with van der Waals surface area (Å²) < 4.78 is 10.3. The van der Waals surface area contributed by atoms with Crippen molar-refractivity contribution in [3.8, 4) is 5.75 Å². The number of hydrogen-bond donors (Lipinski definition) is 1. The molecule has 12 nitrogen and oxygen atoms in total. The minimum Gasteiger partial charge on any atom is -0.497 e. The van der Waals surface area contributed by atoms with Gasteiger partial charge in [0.05, 0.1) is 31.3 Å². The molecule has 0 fully saturated rings. The molecular weight excluding hydrogens is 412 g/mol. The summed E-state index contributed by atoms with van der Waals surface area (Å²) in [4.78, 5) is 59.8. The van der Waals surface area contributed by atoms with E-state index in [1.165, 1.54) is 14.2 Å². The van der Waals surface area contributed by atoms with E-state index in [1.54, 1.807) is 24.3 Å². The average molecular weight is 432 g/mol. The summed E-state index contributed by atoms with van der Waals surface area (Å²) in [6, 6.07) is 7.39. The van der Waals surface area contributed by atoms with Crippen LogP contribution in [-0.4, -0.2) is 60.0 Å². The highest BCUT2D eigenvalue weighted by molar-refractivity contribution is 5.94. The number of carbonyl (C=O) groups is 3. The highest BCUT2D eigenvalue weighted by Gasteiger charge is 2.22. The maximum absolute atomic E-state index is 12.5. The first-order valence-electron chi connectivity index (χ1n) is 8.81. The number of ether oxygens (including phenoxy) is 2. The summed E-state index contributed by atoms with van der Waals surface area (Å²) in [6.07, 6.45) is 0.989. The Bertz CT molecular complexity index is 1080. The zero-order chi connectivity index (χ0) is 23.1. The van der Waals surface area contributed by atoms with Crippen LogP contribution in [-0.2, 0) is 20.9 Å². The minimum absolute atomic E-state index is 0.264. The predicted molar refractivity (Wildman–Crippen MR) is 108 cm³/mol. The largest absolute Gasteiger partial charge is 0.497 e. The summed E-state index contributed by atoms with van der Waals surface area (Å²) in [6.45, 7) is -0.961. The Morgan fingerprint density at radius 2 is 1.94 bits per heavy atom. The maximum atomic E-state index is 12.5. The fraction of sp³-hybridized carbons (Fsp3) is 0.263. The third-order valence-corrected chi connectivity index (χ3v) is 4.15. The number of nitrogens with one attached hydrogen (secondary N) is 1. The van der Waals surface area contributed by atoms with E-state index in [9.17, 15) is 29.3 Å². The molecule has 1 N–H and O–H groups in total. The maximum Gasteiger partial charge on any atom is 0.339 e. The lowest BCUT2D eigenvalue weighted by atomic mass is 10.2. The van der Waals surface area contributed by atoms with E-state index < -0.39 is 40.5 Å². The number of carbonyl (C=O) groups excluding carboxylic acids is 3. The molecule has 0 aliphatic carbocycles. The van der Waals surface area contributed by atoms with Gasteiger partial charge in [-0.2, -0.15) is 0 Å². The molecule has 31 heavy (non-hydrogen) atoms. The van der Waals surface area contributed by atoms with Crippen LogP contribution >= 0.6 is 0 Å². The molecule has 2 aromatic rings. The molecule has 0 saturated carbocycles. The van der Waals surface area contributed by atoms with Gasteiger partial charge in [-0.15, -0.1) is 0 Å². The van der Waals surface area contributed by atoms with E-state index >= 15 is 0 Å². The lowest BCUT2D eigenvalue weighted by Gasteiger charge is -2.18. The molecule has 0 aliphatic rings. The van der Waals surface area contributed by atoms with Crippen LogP contribution in [0.1, 0.15) is 10.4 Å². The van der Waals surface area contributed by atoms with Gasteiger partial charge in [-0.3, -0.25) is 29.1 Å². The number of hydrogen-bond acceptors (Lipinski definition) is 8. The fourth-order valence-corrected chi connectivity index (χ4v) is 2.57. The second kappa shape index (κ2) is 10.0. The molecule has 0 unspecified atom stereocenters. The number of pyridine rings is 1. The summed E-state index contributed by atoms with van der Waals surface area (Å²) in [5.74, 6) is -1.56. The number of benzene rings is 1. The monoisotopic (exact) mass is 432 g/mol. The summed E-state index contributed by atoms with van der Waals surface area (Å²) >= 11 is 0. The van der Waals surface area contributed by atoms with Gasteiger partial charge < -0.3 is 19.7 Å². The topological polar surface area (TPSA) is 150 Å². The van der Waals surface area contributed by atoms with Crippen molar-refractivity contribution < 1.29 is 28.8 Å². The zero-order valence-corrected chi connectivity index (χ0v) is 17.0. The summed E-state index contributed by atoms with van der Waals surface area (Å²) in [5, 5.41) is 13.7. The van der Waals surface area contributed by atoms with Crippen LogP contribution in [0.5, 0.6) is 5.75 Å². The van der Waals surface area contributed by atoms with Crippen molar-refractivity contribution in [1.29, 1.82) is 0 Å². The third kappa shape index (κ3) is 5.88. The lowest BCUT2D eigenvalue weighted by molar-refractivity contribution is -0.386. The van der Waals surface area contributed by atoms with Gasteiger partial charge in [-0.05, 0) is 12.1 Å². The molecular formula is C19H20N4O8. The molecule has 0 bridgehead atoms. The van der Waals surface area contributed by atoms with Crippen LogP contribution in [0.25, 0.3) is 0 Å². The van der Waals surface area contributed by atoms with Crippen molar-refractivity contribution in [3.05, 3.63) is 62.6 Å². The molecule has 1 heterocycles. The Morgan fingerprint density at radius 1 is 1.23 bits per heavy atom. The van der Waals surface area contributed by atoms with E-state index in [0.717, 1.165) is 28.8 Å². The number of nitrogens with zero attached hydrogens (tertiary/aromatic N) is 3. The van der Waals surface area contributed by atoms with Gasteiger partial charge in [0.25, 0.3) is 0 Å². The summed E-state index contributed by atoms with van der Waals surface area (Å²) in [7, 11) is 3.88. The van der Waals surface area contributed by atoms with Gasteiger partial charge >= 0.3 is 17.2 Å². The van der Waals surface area contributed by atoms with Crippen molar-refractivity contribution >= 4 is 29.2 Å². The quantitative estimate of drug-likeness (QED) is 0.363. The first kappa shape index (κ1) is 23.1. The Kier molecular flexibility index (Phi) is 7.44. The number of anilines is 1. The molecule has 0 radical (unpaired) electrons. The van der Waals surface area contributed by atoms with Crippen molar-refractivity contribution in [2.75, 3.05) is 33.1 Å². The van der Waals surface area contributed by atoms with E-state index in [0.29, 0.717) is 11.4 Å². The number of nitro groups is 1. The number of likely N-dealkylation sites (N-methyl/N-ethyl adjacent to an activating group) is 1. The number of rotatable bonds is 8. The van der Waals surface area contributed by atoms with Gasteiger partial charge in [-0.25, -0.2) is 4.79 Å². The Balaban J connectivity index is 2.13. The first-order chi connectivity index (χ1) is 14.7. The van der Waals surface area contributed by atoms with E-state index in [4.69, 9.17) is 4.74 Å². The third-order valence-electron chi connectivity index (χ3n) is 4.15. The van der Waals surface area contributed by atoms with Crippen molar-refractivity contribution in [2.45, 2.75) is 6.54 Å². The summed E-state index contributed by atoms with van der Waals surface area (Å²) in [5.41, 5.74) is -1.75. The molecule has 12 heteroatoms. The lowest BCUT2D eigenvalue weighted by Crippen LogP contribution is -2.39. The number of methoxy groups -OCH3 is 2. The zero-order valence-electron chi connectivity index (χ0n) is 17.0. The number of amides is 2. The van der Waals surface area contributed by atoms with Crippen LogP contribution < -0.4 is 15.6 Å². The molecule has 0 atom stereocenters. The van der Waals surface area contributed by atoms with Crippen LogP contribution in [0, 0.1) is 10.1 Å². The van der Waals surface area contributed by atoms with Crippen LogP contribution in [0.2, 0.25) is 0 Å². The van der Waals surface area contributed by atoms with Crippen LogP contribution in [0.3, 0.4) is 0 Å². The highest BCUT2D eigenvalue weighted by atomic mass is 16.6. The van der Waals surface area contributed by atoms with Gasteiger partial charge in [0, 0.05) is 31.1 Å². The van der Waals surface area contributed by atoms with Gasteiger partial charge in [0.2, 0.25) is 11.8 Å². The minimum atomic E-state index is -1.07. The first-order valence-corrected chi connectivity index (χ1v) is 8.81. The smallest absolute Gasteiger partial charge is 0.339 e. The SMILES string of the molecule is COC(=O)c1cc([N+](=O)[O-])c(=O)n(CC(=O)N(C)CC(=O)Nc2cccc(OC)c2)c1. The Morgan fingerprint density at radius 3 is 2.55 bits per heavy atom. The Labute approximate surface area is 176 Å². The molecule has 2 amide bonds. The molecule has 0 saturated heterocycles. The van der Waals surface area contributed by atoms with Gasteiger partial charge in [0.1, 0.15) is 12.3 Å². The van der Waals surface area contributed by atoms with E-state index in [1.807, 2.05) is 0 Å². The average Bonchev–Trinajstić information content (AvgIpc) is 2.74. The van der Waals surface area contributed by atoms with E-state index in [2.05, 4.69) is 10.1 Å². The normalized spacial score (nSPS) is 10.2. The van der Waals surface area contributed by atoms with Crippen molar-refractivity contribution in [1.82, 2.24) is 9.47 Å².